The molecular weight excluding hydrogens is 406 g/mol. The van der Waals surface area contributed by atoms with Gasteiger partial charge in [0.05, 0.1) is 12.8 Å². The Hall–Kier alpha value is -3.45. The van der Waals surface area contributed by atoms with Crippen molar-refractivity contribution in [2.45, 2.75) is 38.9 Å². The lowest BCUT2D eigenvalue weighted by Crippen LogP contribution is -2.39. The number of methoxy groups -OCH3 is 1. The lowest BCUT2D eigenvalue weighted by Gasteiger charge is -2.22. The Morgan fingerprint density at radius 2 is 1.81 bits per heavy atom. The zero-order valence-corrected chi connectivity index (χ0v) is 18.5. The van der Waals surface area contributed by atoms with Gasteiger partial charge in [0.2, 0.25) is 0 Å². The molecule has 4 rings (SSSR count). The van der Waals surface area contributed by atoms with Crippen molar-refractivity contribution in [2.24, 2.45) is 10.9 Å². The predicted molar refractivity (Wildman–Crippen MR) is 121 cm³/mol. The maximum Gasteiger partial charge on any atom is 0.402 e. The SMILES string of the molecule is COc1c(CC2(O)C=Nc3ccccc32)nc(OCc2ccccc2)c(CC(C)C)[n+]1[O-]. The van der Waals surface area contributed by atoms with Gasteiger partial charge in [-0.3, -0.25) is 4.99 Å². The first kappa shape index (κ1) is 21.8. The zero-order valence-electron chi connectivity index (χ0n) is 18.5. The number of aromatic nitrogens is 2. The second kappa shape index (κ2) is 8.96. The van der Waals surface area contributed by atoms with Crippen LogP contribution in [0.15, 0.2) is 59.6 Å². The van der Waals surface area contributed by atoms with Gasteiger partial charge in [0.15, 0.2) is 5.69 Å². The van der Waals surface area contributed by atoms with Crippen LogP contribution < -0.4 is 14.2 Å². The zero-order chi connectivity index (χ0) is 22.7. The minimum Gasteiger partial charge on any atom is -0.616 e. The van der Waals surface area contributed by atoms with Crippen LogP contribution in [0.5, 0.6) is 11.8 Å². The highest BCUT2D eigenvalue weighted by Gasteiger charge is 2.38. The van der Waals surface area contributed by atoms with Gasteiger partial charge in [-0.1, -0.05) is 62.4 Å². The summed E-state index contributed by atoms with van der Waals surface area (Å²) in [5.74, 6) is 0.517. The fraction of sp³-hybridized carbons (Fsp3) is 0.320. The van der Waals surface area contributed by atoms with E-state index in [0.29, 0.717) is 29.1 Å². The molecule has 2 aromatic carbocycles. The molecule has 2 heterocycles. The van der Waals surface area contributed by atoms with Gasteiger partial charge in [0.1, 0.15) is 12.2 Å². The summed E-state index contributed by atoms with van der Waals surface area (Å²) in [6.45, 7) is 4.32. The Kier molecular flexibility index (Phi) is 6.10. The van der Waals surface area contributed by atoms with Crippen molar-refractivity contribution in [3.05, 3.63) is 82.3 Å². The second-order valence-corrected chi connectivity index (χ2v) is 8.36. The van der Waals surface area contributed by atoms with Crippen molar-refractivity contribution in [2.75, 3.05) is 7.11 Å². The van der Waals surface area contributed by atoms with Gasteiger partial charge in [-0.05, 0) is 17.5 Å². The number of ether oxygens (including phenoxy) is 2. The molecule has 1 aliphatic rings. The number of fused-ring (bicyclic) bond motifs is 1. The van der Waals surface area contributed by atoms with Crippen LogP contribution in [0, 0.1) is 11.1 Å². The maximum absolute atomic E-state index is 13.3. The third-order valence-electron chi connectivity index (χ3n) is 5.40. The average molecular weight is 434 g/mol. The Morgan fingerprint density at radius 1 is 1.09 bits per heavy atom. The summed E-state index contributed by atoms with van der Waals surface area (Å²) in [5, 5.41) is 24.6. The first-order valence-corrected chi connectivity index (χ1v) is 10.6. The van der Waals surface area contributed by atoms with E-state index >= 15 is 0 Å². The van der Waals surface area contributed by atoms with Crippen LogP contribution in [-0.2, 0) is 25.0 Å². The number of rotatable bonds is 8. The van der Waals surface area contributed by atoms with Crippen molar-refractivity contribution in [3.63, 3.8) is 0 Å². The van der Waals surface area contributed by atoms with E-state index in [1.54, 1.807) is 0 Å². The topological polar surface area (TPSA) is 90.9 Å². The summed E-state index contributed by atoms with van der Waals surface area (Å²) in [5.41, 5.74) is 1.66. The molecule has 32 heavy (non-hydrogen) atoms. The van der Waals surface area contributed by atoms with Crippen LogP contribution in [0.3, 0.4) is 0 Å². The van der Waals surface area contributed by atoms with E-state index < -0.39 is 5.60 Å². The molecule has 1 N–H and O–H groups in total. The smallest absolute Gasteiger partial charge is 0.402 e. The van der Waals surface area contributed by atoms with Gasteiger partial charge >= 0.3 is 5.88 Å². The number of nitrogens with zero attached hydrogens (tertiary/aromatic N) is 3. The average Bonchev–Trinajstić information content (AvgIpc) is 3.12. The molecule has 1 aliphatic heterocycles. The lowest BCUT2D eigenvalue weighted by molar-refractivity contribution is -0.622. The van der Waals surface area contributed by atoms with Crippen LogP contribution >= 0.6 is 0 Å². The molecule has 0 spiro atoms. The molecule has 0 aliphatic carbocycles. The molecule has 0 fully saturated rings. The molecule has 0 amide bonds. The molecule has 1 aromatic heterocycles. The molecule has 166 valence electrons. The number of para-hydroxylation sites is 1. The van der Waals surface area contributed by atoms with Crippen LogP contribution in [0.2, 0.25) is 0 Å². The van der Waals surface area contributed by atoms with Crippen LogP contribution in [0.1, 0.15) is 36.4 Å². The molecule has 0 saturated heterocycles. The second-order valence-electron chi connectivity index (χ2n) is 8.36. The van der Waals surface area contributed by atoms with Gasteiger partial charge in [0.25, 0.3) is 11.6 Å². The third kappa shape index (κ3) is 4.29. The van der Waals surface area contributed by atoms with E-state index in [-0.39, 0.29) is 30.7 Å². The monoisotopic (exact) mass is 433 g/mol. The summed E-state index contributed by atoms with van der Waals surface area (Å²) in [6, 6.07) is 17.1. The third-order valence-corrected chi connectivity index (χ3v) is 5.40. The standard InChI is InChI=1S/C25H27N3O4/c1-17(2)13-22-23(32-15-18-9-5-4-6-10-18)27-21(24(31-3)28(22)30)14-25(29)16-26-20-12-8-7-11-19(20)25/h4-12,16-17,29H,13-15H2,1-3H3. The number of aliphatic hydroxyl groups is 1. The quantitative estimate of drug-likeness (QED) is 0.433. The highest BCUT2D eigenvalue weighted by molar-refractivity contribution is 5.83. The molecule has 3 aromatic rings. The molecule has 1 atom stereocenters. The largest absolute Gasteiger partial charge is 0.616 e. The molecule has 7 nitrogen and oxygen atoms in total. The van der Waals surface area contributed by atoms with Crippen LogP contribution in [-0.4, -0.2) is 23.4 Å². The number of hydrogen-bond donors (Lipinski definition) is 1. The summed E-state index contributed by atoms with van der Waals surface area (Å²) in [6.07, 6.45) is 1.99. The molecule has 1 unspecified atom stereocenters. The predicted octanol–water partition coefficient (Wildman–Crippen LogP) is 3.65. The van der Waals surface area contributed by atoms with Crippen molar-refractivity contribution in [3.8, 4) is 11.8 Å². The number of aliphatic imine (C=N–C) groups is 1. The minimum atomic E-state index is -1.39. The van der Waals surface area contributed by atoms with Crippen molar-refractivity contribution in [1.29, 1.82) is 0 Å². The fourth-order valence-electron chi connectivity index (χ4n) is 3.87. The maximum atomic E-state index is 13.3. The molecule has 7 heteroatoms. The number of hydrogen-bond acceptors (Lipinski definition) is 6. The lowest BCUT2D eigenvalue weighted by atomic mass is 9.91. The molecule has 0 radical (unpaired) electrons. The number of benzene rings is 2. The highest BCUT2D eigenvalue weighted by Crippen LogP contribution is 2.38. The van der Waals surface area contributed by atoms with E-state index in [2.05, 4.69) is 9.98 Å². The molecule has 0 saturated carbocycles. The Balaban J connectivity index is 1.73. The summed E-state index contributed by atoms with van der Waals surface area (Å²) >= 11 is 0. The van der Waals surface area contributed by atoms with Crippen molar-refractivity contribution < 1.29 is 19.3 Å². The van der Waals surface area contributed by atoms with Gasteiger partial charge in [-0.2, -0.15) is 0 Å². The fourth-order valence-corrected chi connectivity index (χ4v) is 3.87. The van der Waals surface area contributed by atoms with Crippen LogP contribution in [0.4, 0.5) is 5.69 Å². The van der Waals surface area contributed by atoms with Crippen LogP contribution in [0.25, 0.3) is 0 Å². The minimum absolute atomic E-state index is 0.0303. The summed E-state index contributed by atoms with van der Waals surface area (Å²) in [4.78, 5) is 8.99. The van der Waals surface area contributed by atoms with E-state index in [9.17, 15) is 10.3 Å². The Labute approximate surface area is 187 Å². The van der Waals surface area contributed by atoms with Crippen molar-refractivity contribution >= 4 is 11.9 Å². The summed E-state index contributed by atoms with van der Waals surface area (Å²) in [7, 11) is 1.43. The Bertz CT molecular complexity index is 1130. The molecule has 0 bridgehead atoms. The van der Waals surface area contributed by atoms with Gasteiger partial charge < -0.3 is 19.8 Å². The normalized spacial score (nSPS) is 16.9. The van der Waals surface area contributed by atoms with E-state index in [4.69, 9.17) is 9.47 Å². The Morgan fingerprint density at radius 3 is 2.53 bits per heavy atom. The van der Waals surface area contributed by atoms with E-state index in [1.807, 2.05) is 68.4 Å². The van der Waals surface area contributed by atoms with Crippen molar-refractivity contribution in [1.82, 2.24) is 4.98 Å². The highest BCUT2D eigenvalue weighted by atomic mass is 16.5. The molecular formula is C25H27N3O4. The van der Waals surface area contributed by atoms with E-state index in [0.717, 1.165) is 10.3 Å². The van der Waals surface area contributed by atoms with Gasteiger partial charge in [-0.25, -0.2) is 4.98 Å². The first-order chi connectivity index (χ1) is 15.4. The first-order valence-electron chi connectivity index (χ1n) is 10.6. The van der Waals surface area contributed by atoms with Gasteiger partial charge in [0, 0.05) is 24.6 Å². The van der Waals surface area contributed by atoms with Gasteiger partial charge in [-0.15, -0.1) is 4.73 Å². The van der Waals surface area contributed by atoms with E-state index in [1.165, 1.54) is 13.3 Å². The summed E-state index contributed by atoms with van der Waals surface area (Å²) < 4.78 is 12.2.